The molecule has 0 saturated carbocycles. The molecule has 1 aromatic carbocycles. The molecule has 0 saturated heterocycles. The molecule has 104 valence electrons. The van der Waals surface area contributed by atoms with Crippen molar-refractivity contribution in [2.24, 2.45) is 0 Å². The van der Waals surface area contributed by atoms with E-state index in [-0.39, 0.29) is 12.2 Å². The number of hydrogen-bond donors (Lipinski definition) is 0. The molecule has 4 nitrogen and oxygen atoms in total. The Labute approximate surface area is 125 Å². The summed E-state index contributed by atoms with van der Waals surface area (Å²) in [5, 5.41) is 0. The highest BCUT2D eigenvalue weighted by Crippen LogP contribution is 2.26. The Morgan fingerprint density at radius 1 is 1.25 bits per heavy atom. The molecular weight excluding hydrogens is 322 g/mol. The number of nitrogens with zero attached hydrogens (tertiary/aromatic N) is 1. The van der Waals surface area contributed by atoms with Crippen molar-refractivity contribution in [1.29, 1.82) is 0 Å². The van der Waals surface area contributed by atoms with Crippen LogP contribution in [0.2, 0.25) is 0 Å². The van der Waals surface area contributed by atoms with Crippen LogP contribution in [0.4, 0.5) is 0 Å². The van der Waals surface area contributed by atoms with Crippen molar-refractivity contribution in [3.05, 3.63) is 52.1 Å². The average molecular weight is 336 g/mol. The van der Waals surface area contributed by atoms with Gasteiger partial charge in [0.15, 0.2) is 5.78 Å². The molecule has 0 amide bonds. The van der Waals surface area contributed by atoms with Gasteiger partial charge in [-0.2, -0.15) is 0 Å². The summed E-state index contributed by atoms with van der Waals surface area (Å²) in [6.07, 6.45) is 1.88. The summed E-state index contributed by atoms with van der Waals surface area (Å²) >= 11 is 3.41. The maximum Gasteiger partial charge on any atom is 0.224 e. The van der Waals surface area contributed by atoms with Gasteiger partial charge in [-0.1, -0.05) is 6.07 Å². The second-order valence-corrected chi connectivity index (χ2v) is 4.98. The Bertz CT molecular complexity index is 628. The molecule has 20 heavy (non-hydrogen) atoms. The molecule has 0 atom stereocenters. The molecule has 2 aromatic rings. The number of pyridine rings is 1. The first-order valence-corrected chi connectivity index (χ1v) is 6.79. The molecular formula is C15H14BrNO3. The van der Waals surface area contributed by atoms with Gasteiger partial charge >= 0.3 is 0 Å². The third-order valence-corrected chi connectivity index (χ3v) is 3.47. The summed E-state index contributed by atoms with van der Waals surface area (Å²) in [6, 6.07) is 9.00. The van der Waals surface area contributed by atoms with Crippen molar-refractivity contribution in [1.82, 2.24) is 4.98 Å². The van der Waals surface area contributed by atoms with Gasteiger partial charge in [0.25, 0.3) is 0 Å². The van der Waals surface area contributed by atoms with Gasteiger partial charge < -0.3 is 9.47 Å². The number of benzene rings is 1. The molecule has 0 bridgehead atoms. The van der Waals surface area contributed by atoms with E-state index in [4.69, 9.17) is 9.47 Å². The first kappa shape index (κ1) is 14.5. The molecule has 0 radical (unpaired) electrons. The lowest BCUT2D eigenvalue weighted by Crippen LogP contribution is -2.06. The first-order chi connectivity index (χ1) is 9.65. The van der Waals surface area contributed by atoms with E-state index in [1.807, 2.05) is 18.2 Å². The van der Waals surface area contributed by atoms with Gasteiger partial charge in [0.2, 0.25) is 5.88 Å². The number of hydrogen-bond acceptors (Lipinski definition) is 4. The van der Waals surface area contributed by atoms with Crippen LogP contribution in [-0.2, 0) is 6.42 Å². The lowest BCUT2D eigenvalue weighted by Gasteiger charge is -2.08. The van der Waals surface area contributed by atoms with E-state index in [0.717, 1.165) is 15.8 Å². The van der Waals surface area contributed by atoms with Crippen molar-refractivity contribution in [3.63, 3.8) is 0 Å². The van der Waals surface area contributed by atoms with E-state index >= 15 is 0 Å². The molecule has 0 fully saturated rings. The van der Waals surface area contributed by atoms with Gasteiger partial charge in [0, 0.05) is 12.6 Å². The minimum absolute atomic E-state index is 0.0352. The highest BCUT2D eigenvalue weighted by molar-refractivity contribution is 9.10. The molecule has 0 spiro atoms. The monoisotopic (exact) mass is 335 g/mol. The topological polar surface area (TPSA) is 48.4 Å². The number of halogens is 1. The smallest absolute Gasteiger partial charge is 0.224 e. The zero-order valence-corrected chi connectivity index (χ0v) is 12.8. The molecule has 2 rings (SSSR count). The van der Waals surface area contributed by atoms with Crippen molar-refractivity contribution < 1.29 is 14.3 Å². The number of carbonyl (C=O) groups excluding carboxylic acids is 1. The van der Waals surface area contributed by atoms with E-state index < -0.39 is 0 Å². The zero-order chi connectivity index (χ0) is 14.5. The number of ketones is 1. The lowest BCUT2D eigenvalue weighted by molar-refractivity contribution is 0.0989. The fourth-order valence-corrected chi connectivity index (χ4v) is 2.45. The minimum atomic E-state index is -0.0352. The molecule has 0 N–H and O–H groups in total. The van der Waals surface area contributed by atoms with Crippen LogP contribution in [0.25, 0.3) is 0 Å². The van der Waals surface area contributed by atoms with Crippen LogP contribution in [0.3, 0.4) is 0 Å². The Morgan fingerprint density at radius 2 is 2.05 bits per heavy atom. The second-order valence-electron chi connectivity index (χ2n) is 4.13. The molecule has 5 heteroatoms. The molecule has 0 aliphatic rings. The largest absolute Gasteiger partial charge is 0.496 e. The molecule has 0 unspecified atom stereocenters. The highest BCUT2D eigenvalue weighted by Gasteiger charge is 2.14. The first-order valence-electron chi connectivity index (χ1n) is 6.00. The Morgan fingerprint density at radius 3 is 2.70 bits per heavy atom. The molecule has 0 aliphatic heterocycles. The van der Waals surface area contributed by atoms with Crippen LogP contribution in [0, 0.1) is 0 Å². The van der Waals surface area contributed by atoms with Gasteiger partial charge in [-0.3, -0.25) is 4.79 Å². The summed E-state index contributed by atoms with van der Waals surface area (Å²) in [6.45, 7) is 0. The van der Waals surface area contributed by atoms with Crippen LogP contribution < -0.4 is 9.47 Å². The quantitative estimate of drug-likeness (QED) is 0.786. The van der Waals surface area contributed by atoms with E-state index in [1.54, 1.807) is 25.4 Å². The molecule has 0 aliphatic carbocycles. The lowest BCUT2D eigenvalue weighted by atomic mass is 10.0. The van der Waals surface area contributed by atoms with E-state index in [9.17, 15) is 4.79 Å². The fourth-order valence-electron chi connectivity index (χ4n) is 1.87. The minimum Gasteiger partial charge on any atom is -0.496 e. The van der Waals surface area contributed by atoms with Gasteiger partial charge in [-0.15, -0.1) is 0 Å². The van der Waals surface area contributed by atoms with Crippen LogP contribution in [0.5, 0.6) is 11.6 Å². The predicted molar refractivity (Wildman–Crippen MR) is 79.5 cm³/mol. The van der Waals surface area contributed by atoms with E-state index in [1.165, 1.54) is 7.11 Å². The number of carbonyl (C=O) groups is 1. The van der Waals surface area contributed by atoms with Gasteiger partial charge in [0.05, 0.1) is 24.3 Å². The van der Waals surface area contributed by atoms with Crippen molar-refractivity contribution in [3.8, 4) is 11.6 Å². The van der Waals surface area contributed by atoms with Crippen molar-refractivity contribution in [2.45, 2.75) is 6.42 Å². The van der Waals surface area contributed by atoms with Gasteiger partial charge in [0.1, 0.15) is 5.75 Å². The van der Waals surface area contributed by atoms with Gasteiger partial charge in [-0.05, 0) is 45.8 Å². The Balaban J connectivity index is 2.21. The van der Waals surface area contributed by atoms with Crippen LogP contribution in [-0.4, -0.2) is 25.0 Å². The van der Waals surface area contributed by atoms with Crippen LogP contribution in [0.15, 0.2) is 41.0 Å². The normalized spacial score (nSPS) is 10.2. The maximum atomic E-state index is 12.3. The Kier molecular flexibility index (Phi) is 4.74. The number of ether oxygens (including phenoxy) is 2. The highest BCUT2D eigenvalue weighted by atomic mass is 79.9. The summed E-state index contributed by atoms with van der Waals surface area (Å²) in [7, 11) is 3.11. The predicted octanol–water partition coefficient (Wildman–Crippen LogP) is 3.29. The average Bonchev–Trinajstić information content (AvgIpc) is 2.47. The Hall–Kier alpha value is -1.88. The SMILES string of the molecule is COc1ccc(CC(=O)c2cccnc2OC)cc1Br. The summed E-state index contributed by atoms with van der Waals surface area (Å²) in [5.41, 5.74) is 1.38. The zero-order valence-electron chi connectivity index (χ0n) is 11.2. The fraction of sp³-hybridized carbons (Fsp3) is 0.200. The molecule has 1 heterocycles. The van der Waals surface area contributed by atoms with E-state index in [0.29, 0.717) is 11.4 Å². The van der Waals surface area contributed by atoms with Crippen molar-refractivity contribution in [2.75, 3.05) is 14.2 Å². The number of rotatable bonds is 5. The van der Waals surface area contributed by atoms with E-state index in [2.05, 4.69) is 20.9 Å². The number of methoxy groups -OCH3 is 2. The van der Waals surface area contributed by atoms with Crippen molar-refractivity contribution >= 4 is 21.7 Å². The summed E-state index contributed by atoms with van der Waals surface area (Å²) in [5.74, 6) is 1.05. The van der Waals surface area contributed by atoms with Gasteiger partial charge in [-0.25, -0.2) is 4.98 Å². The summed E-state index contributed by atoms with van der Waals surface area (Å²) < 4.78 is 11.1. The van der Waals surface area contributed by atoms with Crippen LogP contribution in [0.1, 0.15) is 15.9 Å². The third-order valence-electron chi connectivity index (χ3n) is 2.85. The van der Waals surface area contributed by atoms with Crippen LogP contribution >= 0.6 is 15.9 Å². The molecule has 1 aromatic heterocycles. The maximum absolute atomic E-state index is 12.3. The number of aromatic nitrogens is 1. The number of Topliss-reactive ketones (excluding diaryl/α,β-unsaturated/α-hetero) is 1. The summed E-state index contributed by atoms with van der Waals surface area (Å²) in [4.78, 5) is 16.3. The standard InChI is InChI=1S/C15H14BrNO3/c1-19-14-6-5-10(8-12(14)16)9-13(18)11-4-3-7-17-15(11)20-2/h3-8H,9H2,1-2H3. The second kappa shape index (κ2) is 6.52. The third kappa shape index (κ3) is 3.17.